The van der Waals surface area contributed by atoms with Gasteiger partial charge in [-0.25, -0.2) is 0 Å². The molecule has 2 N–H and O–H groups in total. The Morgan fingerprint density at radius 1 is 1.30 bits per heavy atom. The number of pyridine rings is 1. The molecule has 0 radical (unpaired) electrons. The fourth-order valence-corrected chi connectivity index (χ4v) is 4.02. The van der Waals surface area contributed by atoms with Crippen molar-refractivity contribution in [1.29, 1.82) is 0 Å². The highest BCUT2D eigenvalue weighted by Gasteiger charge is 2.20. The number of nitrogens with one attached hydrogen (secondary N) is 2. The van der Waals surface area contributed by atoms with E-state index in [1.165, 1.54) is 0 Å². The molecule has 0 saturated heterocycles. The first kappa shape index (κ1) is 19.8. The van der Waals surface area contributed by atoms with Gasteiger partial charge in [0.15, 0.2) is 0 Å². The van der Waals surface area contributed by atoms with E-state index in [0.29, 0.717) is 25.1 Å². The summed E-state index contributed by atoms with van der Waals surface area (Å²) in [6, 6.07) is 3.49. The smallest absolute Gasteiger partial charge is 0.252 e. The van der Waals surface area contributed by atoms with Gasteiger partial charge < -0.3 is 10.6 Å². The molecule has 1 aromatic heterocycles. The Kier molecular flexibility index (Phi) is 9.09. The van der Waals surface area contributed by atoms with Crippen LogP contribution in [0.5, 0.6) is 0 Å². The van der Waals surface area contributed by atoms with Gasteiger partial charge in [0.25, 0.3) is 5.91 Å². The molecule has 1 heterocycles. The summed E-state index contributed by atoms with van der Waals surface area (Å²) in [7, 11) is 3.42. The van der Waals surface area contributed by atoms with E-state index in [-0.39, 0.29) is 16.6 Å². The Hall–Kier alpha value is -1.21. The molecule has 0 saturated carbocycles. The molecule has 0 aliphatic rings. The highest BCUT2D eigenvalue weighted by Crippen LogP contribution is 2.34. The SMILES string of the molecule is CCCC(=O)NCCSSC(C)(C)CNC(=O)c1cccnc1. The minimum Gasteiger partial charge on any atom is -0.355 e. The van der Waals surface area contributed by atoms with Crippen LogP contribution < -0.4 is 10.6 Å². The van der Waals surface area contributed by atoms with Crippen LogP contribution in [0.4, 0.5) is 0 Å². The summed E-state index contributed by atoms with van der Waals surface area (Å²) in [6.07, 6.45) is 4.66. The maximum atomic E-state index is 12.0. The zero-order chi connectivity index (χ0) is 17.1. The number of rotatable bonds is 10. The molecule has 0 atom stereocenters. The third kappa shape index (κ3) is 8.86. The van der Waals surface area contributed by atoms with E-state index in [2.05, 4.69) is 29.5 Å². The summed E-state index contributed by atoms with van der Waals surface area (Å²) in [4.78, 5) is 27.3. The van der Waals surface area contributed by atoms with E-state index in [4.69, 9.17) is 0 Å². The second-order valence-electron chi connectivity index (χ2n) is 5.69. The summed E-state index contributed by atoms with van der Waals surface area (Å²) in [5.74, 6) is 0.852. The lowest BCUT2D eigenvalue weighted by Crippen LogP contribution is -2.36. The Morgan fingerprint density at radius 3 is 2.74 bits per heavy atom. The summed E-state index contributed by atoms with van der Waals surface area (Å²) in [5.41, 5.74) is 0.569. The Balaban J connectivity index is 2.20. The predicted molar refractivity (Wildman–Crippen MR) is 98.6 cm³/mol. The van der Waals surface area contributed by atoms with Gasteiger partial charge in [-0.3, -0.25) is 14.6 Å². The zero-order valence-corrected chi connectivity index (χ0v) is 15.6. The molecule has 0 spiro atoms. The van der Waals surface area contributed by atoms with Crippen LogP contribution in [0.2, 0.25) is 0 Å². The van der Waals surface area contributed by atoms with E-state index in [1.54, 1.807) is 46.1 Å². The summed E-state index contributed by atoms with van der Waals surface area (Å²) < 4.78 is -0.0873. The molecule has 1 aromatic rings. The van der Waals surface area contributed by atoms with Crippen molar-refractivity contribution in [2.24, 2.45) is 0 Å². The first-order valence-corrected chi connectivity index (χ1v) is 10.0. The standard InChI is InChI=1S/C16H25N3O2S2/c1-4-6-14(20)18-9-10-22-23-16(2,3)12-19-15(21)13-7-5-8-17-11-13/h5,7-8,11H,4,6,9-10,12H2,1-3H3,(H,18,20)(H,19,21). The second-order valence-corrected chi connectivity index (χ2v) is 8.81. The lowest BCUT2D eigenvalue weighted by Gasteiger charge is -2.23. The van der Waals surface area contributed by atoms with Crippen LogP contribution in [0.15, 0.2) is 24.5 Å². The normalized spacial score (nSPS) is 11.1. The molecule has 5 nitrogen and oxygen atoms in total. The minimum absolute atomic E-state index is 0.0873. The first-order valence-electron chi connectivity index (χ1n) is 7.70. The third-order valence-electron chi connectivity index (χ3n) is 2.87. The Bertz CT molecular complexity index is 495. The quantitative estimate of drug-likeness (QED) is 0.499. The van der Waals surface area contributed by atoms with Crippen molar-refractivity contribution in [3.63, 3.8) is 0 Å². The van der Waals surface area contributed by atoms with Crippen molar-refractivity contribution in [2.75, 3.05) is 18.8 Å². The van der Waals surface area contributed by atoms with Crippen LogP contribution in [0, 0.1) is 0 Å². The van der Waals surface area contributed by atoms with Crippen molar-refractivity contribution < 1.29 is 9.59 Å². The molecule has 0 aliphatic carbocycles. The molecule has 0 unspecified atom stereocenters. The van der Waals surface area contributed by atoms with Crippen LogP contribution in [0.3, 0.4) is 0 Å². The number of hydrogen-bond acceptors (Lipinski definition) is 5. The van der Waals surface area contributed by atoms with Crippen LogP contribution in [-0.4, -0.2) is 40.4 Å². The fourth-order valence-electron chi connectivity index (χ4n) is 1.67. The van der Waals surface area contributed by atoms with Crippen molar-refractivity contribution >= 4 is 33.4 Å². The lowest BCUT2D eigenvalue weighted by molar-refractivity contribution is -0.120. The summed E-state index contributed by atoms with van der Waals surface area (Å²) in [6.45, 7) is 7.41. The molecular weight excluding hydrogens is 330 g/mol. The number of nitrogens with zero attached hydrogens (tertiary/aromatic N) is 1. The van der Waals surface area contributed by atoms with E-state index in [0.717, 1.165) is 12.2 Å². The first-order chi connectivity index (χ1) is 10.9. The molecular formula is C16H25N3O2S2. The highest BCUT2D eigenvalue weighted by molar-refractivity contribution is 8.77. The number of carbonyl (C=O) groups excluding carboxylic acids is 2. The maximum Gasteiger partial charge on any atom is 0.252 e. The number of carbonyl (C=O) groups is 2. The number of aromatic nitrogens is 1. The largest absolute Gasteiger partial charge is 0.355 e. The van der Waals surface area contributed by atoms with Crippen LogP contribution >= 0.6 is 21.6 Å². The topological polar surface area (TPSA) is 71.1 Å². The van der Waals surface area contributed by atoms with Crippen molar-refractivity contribution in [1.82, 2.24) is 15.6 Å². The summed E-state index contributed by atoms with van der Waals surface area (Å²) in [5, 5.41) is 5.82. The molecule has 23 heavy (non-hydrogen) atoms. The second kappa shape index (κ2) is 10.5. The number of amides is 2. The van der Waals surface area contributed by atoms with Crippen molar-refractivity contribution in [3.8, 4) is 0 Å². The van der Waals surface area contributed by atoms with Gasteiger partial charge in [0.05, 0.1) is 5.56 Å². The van der Waals surface area contributed by atoms with Gasteiger partial charge in [0.1, 0.15) is 0 Å². The number of hydrogen-bond donors (Lipinski definition) is 2. The van der Waals surface area contributed by atoms with Gasteiger partial charge in [-0.05, 0) is 32.4 Å². The van der Waals surface area contributed by atoms with E-state index in [9.17, 15) is 9.59 Å². The average molecular weight is 356 g/mol. The van der Waals surface area contributed by atoms with Crippen LogP contribution in [-0.2, 0) is 4.79 Å². The lowest BCUT2D eigenvalue weighted by atomic mass is 10.2. The van der Waals surface area contributed by atoms with E-state index >= 15 is 0 Å². The van der Waals surface area contributed by atoms with Crippen LogP contribution in [0.1, 0.15) is 44.0 Å². The molecule has 2 amide bonds. The predicted octanol–water partition coefficient (Wildman–Crippen LogP) is 2.89. The van der Waals surface area contributed by atoms with E-state index in [1.807, 2.05) is 6.92 Å². The molecule has 0 fully saturated rings. The zero-order valence-electron chi connectivity index (χ0n) is 13.9. The molecule has 7 heteroatoms. The molecule has 0 aromatic carbocycles. The fraction of sp³-hybridized carbons (Fsp3) is 0.562. The highest BCUT2D eigenvalue weighted by atomic mass is 33.1. The van der Waals surface area contributed by atoms with Gasteiger partial charge in [-0.15, -0.1) is 0 Å². The van der Waals surface area contributed by atoms with Gasteiger partial charge in [0, 0.05) is 42.4 Å². The van der Waals surface area contributed by atoms with Gasteiger partial charge >= 0.3 is 0 Å². The Morgan fingerprint density at radius 2 is 2.09 bits per heavy atom. The van der Waals surface area contributed by atoms with E-state index < -0.39 is 0 Å². The monoisotopic (exact) mass is 355 g/mol. The molecule has 1 rings (SSSR count). The van der Waals surface area contributed by atoms with Gasteiger partial charge in [0.2, 0.25) is 5.91 Å². The molecule has 0 aliphatic heterocycles. The van der Waals surface area contributed by atoms with Gasteiger partial charge in [-0.1, -0.05) is 28.5 Å². The summed E-state index contributed by atoms with van der Waals surface area (Å²) >= 11 is 0. The van der Waals surface area contributed by atoms with Gasteiger partial charge in [-0.2, -0.15) is 0 Å². The molecule has 0 bridgehead atoms. The molecule has 128 valence electrons. The minimum atomic E-state index is -0.108. The third-order valence-corrected chi connectivity index (χ3v) is 6.16. The Labute approximate surface area is 146 Å². The van der Waals surface area contributed by atoms with Crippen molar-refractivity contribution in [2.45, 2.75) is 38.4 Å². The van der Waals surface area contributed by atoms with Crippen LogP contribution in [0.25, 0.3) is 0 Å². The maximum absolute atomic E-state index is 12.0. The van der Waals surface area contributed by atoms with Crippen molar-refractivity contribution in [3.05, 3.63) is 30.1 Å². The average Bonchev–Trinajstić information content (AvgIpc) is 2.53.